The van der Waals surface area contributed by atoms with Crippen LogP contribution in [0.1, 0.15) is 31.1 Å². The van der Waals surface area contributed by atoms with Gasteiger partial charge in [0.2, 0.25) is 0 Å². The molecule has 1 aromatic heterocycles. The first-order valence-corrected chi connectivity index (χ1v) is 9.12. The van der Waals surface area contributed by atoms with Crippen molar-refractivity contribution in [2.24, 2.45) is 0 Å². The van der Waals surface area contributed by atoms with Crippen molar-refractivity contribution in [3.8, 4) is 0 Å². The molecule has 0 aliphatic heterocycles. The van der Waals surface area contributed by atoms with E-state index >= 15 is 0 Å². The standard InChI is InChI=1S/C12H19N3O4S2/c1-4-19-11(16)9-7-14-12(15-10(9)13)20-5-6-21(17,18)8(2)3/h7-8H,4-6H2,1-3H3,(H2,13,14,15). The van der Waals surface area contributed by atoms with Gasteiger partial charge in [-0.2, -0.15) is 0 Å². The number of carbonyl (C=O) groups is 1. The summed E-state index contributed by atoms with van der Waals surface area (Å²) >= 11 is 1.18. The van der Waals surface area contributed by atoms with Crippen LogP contribution in [0.3, 0.4) is 0 Å². The first-order chi connectivity index (χ1) is 9.77. The summed E-state index contributed by atoms with van der Waals surface area (Å²) in [6.45, 7) is 5.21. The third kappa shape index (κ3) is 5.16. The molecule has 0 fully saturated rings. The van der Waals surface area contributed by atoms with Crippen LogP contribution >= 0.6 is 11.8 Å². The number of hydrogen-bond donors (Lipinski definition) is 1. The highest BCUT2D eigenvalue weighted by molar-refractivity contribution is 8.00. The van der Waals surface area contributed by atoms with Crippen molar-refractivity contribution in [1.29, 1.82) is 0 Å². The molecule has 9 heteroatoms. The second-order valence-corrected chi connectivity index (χ2v) is 8.18. The molecule has 1 heterocycles. The van der Waals surface area contributed by atoms with E-state index in [2.05, 4.69) is 9.97 Å². The lowest BCUT2D eigenvalue weighted by atomic mass is 10.3. The number of nitrogens with zero attached hydrogens (tertiary/aromatic N) is 2. The molecule has 0 amide bonds. The third-order valence-corrected chi connectivity index (χ3v) is 5.94. The summed E-state index contributed by atoms with van der Waals surface area (Å²) in [6.07, 6.45) is 1.29. The lowest BCUT2D eigenvalue weighted by molar-refractivity contribution is 0.0526. The number of sulfone groups is 1. The molecule has 118 valence electrons. The molecule has 7 nitrogen and oxygen atoms in total. The molecule has 2 N–H and O–H groups in total. The Bertz CT molecular complexity index is 603. The Morgan fingerprint density at radius 2 is 2.14 bits per heavy atom. The first-order valence-electron chi connectivity index (χ1n) is 6.42. The number of anilines is 1. The Hall–Kier alpha value is -1.35. The van der Waals surface area contributed by atoms with E-state index in [1.807, 2.05) is 0 Å². The summed E-state index contributed by atoms with van der Waals surface area (Å²) in [5.74, 6) is -0.177. The molecule has 1 aromatic rings. The molecule has 0 aliphatic carbocycles. The smallest absolute Gasteiger partial charge is 0.343 e. The molecule has 0 atom stereocenters. The van der Waals surface area contributed by atoms with Gasteiger partial charge >= 0.3 is 5.97 Å². The Balaban J connectivity index is 2.67. The lowest BCUT2D eigenvalue weighted by Crippen LogP contribution is -2.19. The number of esters is 1. The summed E-state index contributed by atoms with van der Waals surface area (Å²) in [5.41, 5.74) is 5.78. The van der Waals surface area contributed by atoms with E-state index in [0.717, 1.165) is 0 Å². The van der Waals surface area contributed by atoms with E-state index in [-0.39, 0.29) is 23.7 Å². The van der Waals surface area contributed by atoms with E-state index in [1.54, 1.807) is 20.8 Å². The molecule has 0 saturated carbocycles. The summed E-state index contributed by atoms with van der Waals surface area (Å²) < 4.78 is 28.1. The minimum Gasteiger partial charge on any atom is -0.462 e. The number of thioether (sulfide) groups is 1. The van der Waals surface area contributed by atoms with Crippen molar-refractivity contribution < 1.29 is 17.9 Å². The molecule has 0 aliphatic rings. The van der Waals surface area contributed by atoms with Gasteiger partial charge in [0.1, 0.15) is 11.4 Å². The summed E-state index contributed by atoms with van der Waals surface area (Å²) in [7, 11) is -3.09. The molecule has 0 saturated heterocycles. The number of hydrogen-bond acceptors (Lipinski definition) is 8. The van der Waals surface area contributed by atoms with E-state index in [9.17, 15) is 13.2 Å². The Morgan fingerprint density at radius 1 is 1.48 bits per heavy atom. The summed E-state index contributed by atoms with van der Waals surface area (Å²) in [4.78, 5) is 19.5. The van der Waals surface area contributed by atoms with Gasteiger partial charge in [0.05, 0.1) is 17.6 Å². The van der Waals surface area contributed by atoms with Crippen LogP contribution < -0.4 is 5.73 Å². The number of rotatable bonds is 7. The highest BCUT2D eigenvalue weighted by Crippen LogP contribution is 2.18. The fourth-order valence-corrected chi connectivity index (χ4v) is 3.51. The number of ether oxygens (including phenoxy) is 1. The Kier molecular flexibility index (Phi) is 6.41. The van der Waals surface area contributed by atoms with Crippen molar-refractivity contribution in [1.82, 2.24) is 9.97 Å². The minimum atomic E-state index is -3.09. The summed E-state index contributed by atoms with van der Waals surface area (Å²) in [6, 6.07) is 0. The minimum absolute atomic E-state index is 0.0256. The van der Waals surface area contributed by atoms with Crippen LogP contribution in [0.4, 0.5) is 5.82 Å². The SMILES string of the molecule is CCOC(=O)c1cnc(SCCS(=O)(=O)C(C)C)nc1N. The molecule has 0 aromatic carbocycles. The maximum atomic E-state index is 11.7. The van der Waals surface area contributed by atoms with Crippen LogP contribution in [0, 0.1) is 0 Å². The average molecular weight is 333 g/mol. The molecule has 0 radical (unpaired) electrons. The van der Waals surface area contributed by atoms with Gasteiger partial charge in [-0.1, -0.05) is 11.8 Å². The van der Waals surface area contributed by atoms with Crippen molar-refractivity contribution in [2.75, 3.05) is 23.8 Å². The molecule has 0 spiro atoms. The maximum Gasteiger partial charge on any atom is 0.343 e. The van der Waals surface area contributed by atoms with Gasteiger partial charge in [0.15, 0.2) is 15.0 Å². The van der Waals surface area contributed by atoms with Gasteiger partial charge in [0, 0.05) is 11.9 Å². The largest absolute Gasteiger partial charge is 0.462 e. The molecule has 0 unspecified atom stereocenters. The molecule has 1 rings (SSSR count). The monoisotopic (exact) mass is 333 g/mol. The quantitative estimate of drug-likeness (QED) is 0.449. The highest BCUT2D eigenvalue weighted by Gasteiger charge is 2.17. The highest BCUT2D eigenvalue weighted by atomic mass is 32.2. The van der Waals surface area contributed by atoms with Gasteiger partial charge in [-0.3, -0.25) is 0 Å². The van der Waals surface area contributed by atoms with Crippen LogP contribution in [-0.2, 0) is 14.6 Å². The fourth-order valence-electron chi connectivity index (χ4n) is 1.30. The lowest BCUT2D eigenvalue weighted by Gasteiger charge is -2.08. The van der Waals surface area contributed by atoms with Crippen molar-refractivity contribution >= 4 is 33.4 Å². The van der Waals surface area contributed by atoms with Crippen molar-refractivity contribution in [3.63, 3.8) is 0 Å². The van der Waals surface area contributed by atoms with Crippen molar-refractivity contribution in [3.05, 3.63) is 11.8 Å². The third-order valence-electron chi connectivity index (χ3n) is 2.61. The second kappa shape index (κ2) is 7.60. The van der Waals surface area contributed by atoms with E-state index in [0.29, 0.717) is 10.9 Å². The second-order valence-electron chi connectivity index (χ2n) is 4.44. The zero-order valence-electron chi connectivity index (χ0n) is 12.2. The van der Waals surface area contributed by atoms with Crippen LogP contribution in [-0.4, -0.2) is 47.7 Å². The summed E-state index contributed by atoms with van der Waals surface area (Å²) in [5, 5.41) is -0.0743. The van der Waals surface area contributed by atoms with E-state index in [1.165, 1.54) is 18.0 Å². The number of carbonyl (C=O) groups excluding carboxylic acids is 1. The predicted molar refractivity (Wildman–Crippen MR) is 82.0 cm³/mol. The number of aromatic nitrogens is 2. The average Bonchev–Trinajstić information content (AvgIpc) is 2.38. The van der Waals surface area contributed by atoms with Crippen LogP contribution in [0.2, 0.25) is 0 Å². The molecular formula is C12H19N3O4S2. The molecular weight excluding hydrogens is 314 g/mol. The van der Waals surface area contributed by atoms with E-state index in [4.69, 9.17) is 10.5 Å². The zero-order chi connectivity index (χ0) is 16.0. The topological polar surface area (TPSA) is 112 Å². The van der Waals surface area contributed by atoms with Gasteiger partial charge in [0.25, 0.3) is 0 Å². The number of nitrogens with two attached hydrogens (primary N) is 1. The fraction of sp³-hybridized carbons (Fsp3) is 0.583. The molecule has 0 bridgehead atoms. The normalized spacial score (nSPS) is 11.6. The van der Waals surface area contributed by atoms with Crippen LogP contribution in [0.5, 0.6) is 0 Å². The first kappa shape index (κ1) is 17.7. The van der Waals surface area contributed by atoms with Crippen LogP contribution in [0.25, 0.3) is 0 Å². The molecule has 21 heavy (non-hydrogen) atoms. The maximum absolute atomic E-state index is 11.7. The Labute approximate surface area is 128 Å². The number of nitrogen functional groups attached to an aromatic ring is 1. The Morgan fingerprint density at radius 3 is 2.67 bits per heavy atom. The zero-order valence-corrected chi connectivity index (χ0v) is 13.8. The van der Waals surface area contributed by atoms with Gasteiger partial charge in [-0.15, -0.1) is 0 Å². The van der Waals surface area contributed by atoms with Crippen LogP contribution in [0.15, 0.2) is 11.4 Å². The van der Waals surface area contributed by atoms with Gasteiger partial charge in [-0.05, 0) is 20.8 Å². The predicted octanol–water partition coefficient (Wildman–Crippen LogP) is 1.15. The van der Waals surface area contributed by atoms with Crippen molar-refractivity contribution in [2.45, 2.75) is 31.2 Å². The van der Waals surface area contributed by atoms with Gasteiger partial charge < -0.3 is 10.5 Å². The van der Waals surface area contributed by atoms with E-state index < -0.39 is 21.1 Å². The van der Waals surface area contributed by atoms with Gasteiger partial charge in [-0.25, -0.2) is 23.2 Å².